The van der Waals surface area contributed by atoms with Gasteiger partial charge < -0.3 is 0 Å². The summed E-state index contributed by atoms with van der Waals surface area (Å²) in [5, 5.41) is 0. The lowest BCUT2D eigenvalue weighted by Crippen LogP contribution is -2.00. The lowest BCUT2D eigenvalue weighted by molar-refractivity contribution is 0.767. The van der Waals surface area contributed by atoms with Crippen LogP contribution in [-0.2, 0) is 12.8 Å². The van der Waals surface area contributed by atoms with Crippen LogP contribution in [-0.4, -0.2) is 4.98 Å². The summed E-state index contributed by atoms with van der Waals surface area (Å²) in [6.45, 7) is 20.0. The summed E-state index contributed by atoms with van der Waals surface area (Å²) in [5.41, 5.74) is 9.87. The molecule has 0 aliphatic heterocycles. The largest absolute Gasteiger partial charge is 0.256 e. The van der Waals surface area contributed by atoms with Gasteiger partial charge in [-0.2, -0.15) is 0 Å². The van der Waals surface area contributed by atoms with Crippen LogP contribution in [0.1, 0.15) is 102 Å². The monoisotopic (exact) mass is 407 g/mol. The van der Waals surface area contributed by atoms with E-state index in [0.29, 0.717) is 0 Å². The molecule has 166 valence electrons. The molecule has 1 aromatic carbocycles. The van der Waals surface area contributed by atoms with Crippen molar-refractivity contribution in [3.05, 3.63) is 82.7 Å². The van der Waals surface area contributed by atoms with Crippen molar-refractivity contribution in [2.75, 3.05) is 0 Å². The average molecular weight is 408 g/mol. The Hall–Kier alpha value is -2.15. The van der Waals surface area contributed by atoms with Crippen molar-refractivity contribution in [1.29, 1.82) is 0 Å². The fraction of sp³-hybridized carbons (Fsp3) is 0.483. The van der Waals surface area contributed by atoms with Gasteiger partial charge in [-0.1, -0.05) is 89.4 Å². The van der Waals surface area contributed by atoms with E-state index in [1.807, 2.05) is 40.8 Å². The molecule has 0 amide bonds. The van der Waals surface area contributed by atoms with Crippen molar-refractivity contribution in [2.24, 2.45) is 0 Å². The number of rotatable bonds is 4. The van der Waals surface area contributed by atoms with Gasteiger partial charge in [0, 0.05) is 11.8 Å². The predicted molar refractivity (Wildman–Crippen MR) is 137 cm³/mol. The molecule has 1 heterocycles. The van der Waals surface area contributed by atoms with E-state index in [1.165, 1.54) is 52.8 Å². The Morgan fingerprint density at radius 1 is 1.03 bits per heavy atom. The standard InChI is InChI=1S/C22H27N.C3H6.2C2H6/c1-4-6-8-17(5-2)21-20-13-10-16(3)15-19(20)12-11-18-9-7-14-23-22(18)21;1-3-2;2*1-2/h7,9-10,13-15H,4-6,8,11-12H2,1-3H3;3H,1H2,2H3;2*1-2H3/b21-17+;;;. The van der Waals surface area contributed by atoms with Crippen LogP contribution >= 0.6 is 0 Å². The first kappa shape index (κ1) is 27.8. The van der Waals surface area contributed by atoms with Crippen LogP contribution in [0.3, 0.4) is 0 Å². The molecule has 2 aromatic rings. The van der Waals surface area contributed by atoms with Gasteiger partial charge in [-0.25, -0.2) is 0 Å². The van der Waals surface area contributed by atoms with E-state index in [2.05, 4.69) is 57.7 Å². The number of fused-ring (bicyclic) bond motifs is 2. The minimum atomic E-state index is 1.09. The Morgan fingerprint density at radius 2 is 1.67 bits per heavy atom. The predicted octanol–water partition coefficient (Wildman–Crippen LogP) is 9.14. The Morgan fingerprint density at radius 3 is 2.27 bits per heavy atom. The molecule has 3 rings (SSSR count). The maximum Gasteiger partial charge on any atom is 0.0739 e. The first-order valence-electron chi connectivity index (χ1n) is 12.0. The highest BCUT2D eigenvalue weighted by atomic mass is 14.7. The first-order valence-corrected chi connectivity index (χ1v) is 12.0. The minimum Gasteiger partial charge on any atom is -0.256 e. The van der Waals surface area contributed by atoms with Crippen molar-refractivity contribution in [2.45, 2.75) is 93.9 Å². The molecular weight excluding hydrogens is 362 g/mol. The second kappa shape index (κ2) is 16.6. The molecule has 0 saturated carbocycles. The van der Waals surface area contributed by atoms with E-state index in [4.69, 9.17) is 4.98 Å². The molecule has 0 fully saturated rings. The van der Waals surface area contributed by atoms with Gasteiger partial charge in [-0.3, -0.25) is 4.98 Å². The van der Waals surface area contributed by atoms with Crippen molar-refractivity contribution in [1.82, 2.24) is 4.98 Å². The third-order valence-electron chi connectivity index (χ3n) is 4.93. The molecule has 0 spiro atoms. The summed E-state index contributed by atoms with van der Waals surface area (Å²) in [6.07, 6.45) is 10.7. The Bertz CT molecular complexity index is 768. The normalized spacial score (nSPS) is 12.8. The number of hydrogen-bond acceptors (Lipinski definition) is 1. The number of pyridine rings is 1. The van der Waals surface area contributed by atoms with Crippen LogP contribution in [0.4, 0.5) is 0 Å². The molecule has 1 aliphatic rings. The van der Waals surface area contributed by atoms with Crippen molar-refractivity contribution in [3.63, 3.8) is 0 Å². The van der Waals surface area contributed by atoms with Gasteiger partial charge in [0.15, 0.2) is 0 Å². The molecule has 0 radical (unpaired) electrons. The molecule has 1 aliphatic carbocycles. The second-order valence-electron chi connectivity index (χ2n) is 7.02. The highest BCUT2D eigenvalue weighted by molar-refractivity contribution is 5.84. The van der Waals surface area contributed by atoms with Crippen LogP contribution in [0.25, 0.3) is 5.57 Å². The number of benzene rings is 1. The molecule has 0 atom stereocenters. The Kier molecular flexibility index (Phi) is 15.4. The van der Waals surface area contributed by atoms with Gasteiger partial charge in [0.1, 0.15) is 0 Å². The number of allylic oxidation sites excluding steroid dienone is 2. The van der Waals surface area contributed by atoms with Crippen LogP contribution in [0, 0.1) is 6.92 Å². The highest BCUT2D eigenvalue weighted by Crippen LogP contribution is 2.37. The third kappa shape index (κ3) is 7.94. The zero-order valence-corrected chi connectivity index (χ0v) is 20.9. The lowest BCUT2D eigenvalue weighted by Gasteiger charge is -2.17. The third-order valence-corrected chi connectivity index (χ3v) is 4.93. The molecule has 1 heteroatoms. The molecule has 1 aromatic heterocycles. The lowest BCUT2D eigenvalue weighted by atomic mass is 9.89. The number of hydrogen-bond donors (Lipinski definition) is 0. The summed E-state index contributed by atoms with van der Waals surface area (Å²) in [5.74, 6) is 0. The van der Waals surface area contributed by atoms with Crippen LogP contribution in [0.15, 0.2) is 54.8 Å². The van der Waals surface area contributed by atoms with E-state index in [9.17, 15) is 0 Å². The maximum absolute atomic E-state index is 4.80. The zero-order chi connectivity index (χ0) is 22.9. The number of unbranched alkanes of at least 4 members (excludes halogenated alkanes) is 1. The molecule has 0 N–H and O–H groups in total. The fourth-order valence-electron chi connectivity index (χ4n) is 3.66. The van der Waals surface area contributed by atoms with Crippen LogP contribution in [0.5, 0.6) is 0 Å². The summed E-state index contributed by atoms with van der Waals surface area (Å²) in [4.78, 5) is 4.80. The van der Waals surface area contributed by atoms with Gasteiger partial charge in [-0.05, 0) is 68.7 Å². The topological polar surface area (TPSA) is 12.9 Å². The second-order valence-corrected chi connectivity index (χ2v) is 7.02. The summed E-state index contributed by atoms with van der Waals surface area (Å²) >= 11 is 0. The number of aromatic nitrogens is 1. The van der Waals surface area contributed by atoms with Gasteiger partial charge >= 0.3 is 0 Å². The molecular formula is C29H45N. The van der Waals surface area contributed by atoms with Gasteiger partial charge in [0.05, 0.1) is 5.69 Å². The van der Waals surface area contributed by atoms with E-state index in [1.54, 1.807) is 11.6 Å². The maximum atomic E-state index is 4.80. The van der Waals surface area contributed by atoms with Crippen molar-refractivity contribution < 1.29 is 0 Å². The van der Waals surface area contributed by atoms with Crippen LogP contribution < -0.4 is 0 Å². The average Bonchev–Trinajstić information content (AvgIpc) is 2.95. The first-order chi connectivity index (χ1) is 14.7. The molecule has 30 heavy (non-hydrogen) atoms. The van der Waals surface area contributed by atoms with Gasteiger partial charge in [0.25, 0.3) is 0 Å². The van der Waals surface area contributed by atoms with E-state index < -0.39 is 0 Å². The Balaban J connectivity index is 0.00000108. The quantitative estimate of drug-likeness (QED) is 0.460. The highest BCUT2D eigenvalue weighted by Gasteiger charge is 2.21. The number of aryl methyl sites for hydroxylation is 3. The fourth-order valence-corrected chi connectivity index (χ4v) is 3.66. The SMILES string of the molecule is C=CC.CC.CC.CCCC/C(CC)=C1\c2ccc(C)cc2CCc2cccnc21. The summed E-state index contributed by atoms with van der Waals surface area (Å²) < 4.78 is 0. The van der Waals surface area contributed by atoms with E-state index in [0.717, 1.165) is 19.3 Å². The van der Waals surface area contributed by atoms with Crippen molar-refractivity contribution in [3.8, 4) is 0 Å². The molecule has 0 saturated heterocycles. The van der Waals surface area contributed by atoms with E-state index >= 15 is 0 Å². The summed E-state index contributed by atoms with van der Waals surface area (Å²) in [7, 11) is 0. The molecule has 0 unspecified atom stereocenters. The molecule has 1 nitrogen and oxygen atoms in total. The van der Waals surface area contributed by atoms with Crippen LogP contribution in [0.2, 0.25) is 0 Å². The number of nitrogens with zero attached hydrogens (tertiary/aromatic N) is 1. The molecule has 0 bridgehead atoms. The van der Waals surface area contributed by atoms with Crippen molar-refractivity contribution >= 4 is 5.57 Å². The van der Waals surface area contributed by atoms with Gasteiger partial charge in [0.2, 0.25) is 0 Å². The smallest absolute Gasteiger partial charge is 0.0739 e. The summed E-state index contributed by atoms with van der Waals surface area (Å²) in [6, 6.07) is 11.3. The Labute approximate surface area is 187 Å². The van der Waals surface area contributed by atoms with E-state index in [-0.39, 0.29) is 0 Å². The van der Waals surface area contributed by atoms with Gasteiger partial charge in [-0.15, -0.1) is 6.58 Å². The minimum absolute atomic E-state index is 1.09. The zero-order valence-electron chi connectivity index (χ0n) is 20.9.